The van der Waals surface area contributed by atoms with Gasteiger partial charge < -0.3 is 15.1 Å². The molecule has 3 atom stereocenters. The van der Waals surface area contributed by atoms with Gasteiger partial charge in [0.1, 0.15) is 6.61 Å². The van der Waals surface area contributed by atoms with Gasteiger partial charge >= 0.3 is 0 Å². The van der Waals surface area contributed by atoms with Crippen LogP contribution < -0.4 is 5.32 Å². The molecule has 0 saturated carbocycles. The summed E-state index contributed by atoms with van der Waals surface area (Å²) in [5.41, 5.74) is 0.423. The minimum atomic E-state index is -2.74. The SMILES string of the molecule is CCC(C)C(CO/N=C(\C)C1CCNCC1(F)F)CN1CCCCC1. The van der Waals surface area contributed by atoms with Gasteiger partial charge in [-0.25, -0.2) is 8.78 Å². The fraction of sp³-hybridized carbons (Fsp3) is 0.947. The van der Waals surface area contributed by atoms with Crippen molar-refractivity contribution in [1.29, 1.82) is 0 Å². The van der Waals surface area contributed by atoms with Crippen molar-refractivity contribution in [2.75, 3.05) is 39.3 Å². The zero-order chi connectivity index (χ0) is 18.3. The Morgan fingerprint density at radius 2 is 2.04 bits per heavy atom. The molecule has 3 unspecified atom stereocenters. The van der Waals surface area contributed by atoms with Gasteiger partial charge in [0.05, 0.1) is 18.2 Å². The van der Waals surface area contributed by atoms with Crippen LogP contribution >= 0.6 is 0 Å². The molecule has 2 rings (SSSR count). The Morgan fingerprint density at radius 1 is 1.32 bits per heavy atom. The largest absolute Gasteiger partial charge is 0.395 e. The predicted molar refractivity (Wildman–Crippen MR) is 98.2 cm³/mol. The monoisotopic (exact) mass is 359 g/mol. The molecule has 0 bridgehead atoms. The molecule has 0 aromatic carbocycles. The van der Waals surface area contributed by atoms with Crippen molar-refractivity contribution in [2.24, 2.45) is 22.9 Å². The van der Waals surface area contributed by atoms with Crippen molar-refractivity contribution in [2.45, 2.75) is 58.8 Å². The van der Waals surface area contributed by atoms with Crippen LogP contribution in [0.25, 0.3) is 0 Å². The Kier molecular flexibility index (Phi) is 8.07. The van der Waals surface area contributed by atoms with Crippen molar-refractivity contribution in [1.82, 2.24) is 10.2 Å². The molecule has 146 valence electrons. The average Bonchev–Trinajstić information content (AvgIpc) is 2.60. The van der Waals surface area contributed by atoms with E-state index in [2.05, 4.69) is 29.2 Å². The van der Waals surface area contributed by atoms with Crippen molar-refractivity contribution >= 4 is 5.71 Å². The molecule has 2 aliphatic rings. The number of hydrogen-bond acceptors (Lipinski definition) is 4. The summed E-state index contributed by atoms with van der Waals surface area (Å²) >= 11 is 0. The van der Waals surface area contributed by atoms with Crippen LogP contribution in [0.3, 0.4) is 0 Å². The lowest BCUT2D eigenvalue weighted by Gasteiger charge is -2.33. The number of piperidine rings is 2. The van der Waals surface area contributed by atoms with Crippen LogP contribution in [-0.4, -0.2) is 55.9 Å². The average molecular weight is 360 g/mol. The van der Waals surface area contributed by atoms with Gasteiger partial charge in [0.15, 0.2) is 0 Å². The minimum Gasteiger partial charge on any atom is -0.395 e. The fourth-order valence-corrected chi connectivity index (χ4v) is 3.85. The number of nitrogens with one attached hydrogen (secondary N) is 1. The van der Waals surface area contributed by atoms with E-state index >= 15 is 0 Å². The number of hydrogen-bond donors (Lipinski definition) is 1. The van der Waals surface area contributed by atoms with Gasteiger partial charge in [0.25, 0.3) is 5.92 Å². The van der Waals surface area contributed by atoms with Crippen molar-refractivity contribution in [3.05, 3.63) is 0 Å². The van der Waals surface area contributed by atoms with E-state index in [0.717, 1.165) is 26.1 Å². The molecule has 0 amide bonds. The summed E-state index contributed by atoms with van der Waals surface area (Å²) in [6.45, 7) is 10.3. The van der Waals surface area contributed by atoms with Gasteiger partial charge in [-0.05, 0) is 51.7 Å². The molecule has 2 heterocycles. The van der Waals surface area contributed by atoms with Gasteiger partial charge in [-0.3, -0.25) is 0 Å². The highest BCUT2D eigenvalue weighted by molar-refractivity contribution is 5.84. The van der Waals surface area contributed by atoms with E-state index in [1.165, 1.54) is 19.3 Å². The number of halogens is 2. The molecule has 0 radical (unpaired) electrons. The van der Waals surface area contributed by atoms with Gasteiger partial charge in [-0.1, -0.05) is 31.8 Å². The highest BCUT2D eigenvalue weighted by Crippen LogP contribution is 2.30. The summed E-state index contributed by atoms with van der Waals surface area (Å²) in [5.74, 6) is -2.61. The molecule has 2 aliphatic heterocycles. The maximum Gasteiger partial charge on any atom is 0.268 e. The van der Waals surface area contributed by atoms with E-state index in [0.29, 0.717) is 37.1 Å². The molecule has 1 N–H and O–H groups in total. The van der Waals surface area contributed by atoms with Gasteiger partial charge in [0, 0.05) is 12.5 Å². The van der Waals surface area contributed by atoms with E-state index < -0.39 is 11.8 Å². The first-order valence-corrected chi connectivity index (χ1v) is 9.91. The van der Waals surface area contributed by atoms with Crippen molar-refractivity contribution in [3.8, 4) is 0 Å². The molecular weight excluding hydrogens is 324 g/mol. The molecule has 0 aromatic heterocycles. The summed E-state index contributed by atoms with van der Waals surface area (Å²) in [7, 11) is 0. The van der Waals surface area contributed by atoms with Crippen molar-refractivity contribution < 1.29 is 13.6 Å². The molecule has 2 fully saturated rings. The quantitative estimate of drug-likeness (QED) is 0.529. The Hall–Kier alpha value is -0.750. The number of rotatable bonds is 8. The Labute approximate surface area is 151 Å². The highest BCUT2D eigenvalue weighted by atomic mass is 19.3. The molecule has 6 heteroatoms. The molecule has 0 aliphatic carbocycles. The van der Waals surface area contributed by atoms with E-state index in [-0.39, 0.29) is 6.54 Å². The summed E-state index contributed by atoms with van der Waals surface area (Å²) in [6.07, 6.45) is 5.38. The third-order valence-electron chi connectivity index (χ3n) is 5.87. The summed E-state index contributed by atoms with van der Waals surface area (Å²) in [5, 5.41) is 6.83. The second-order valence-electron chi connectivity index (χ2n) is 7.81. The van der Waals surface area contributed by atoms with E-state index in [1.807, 2.05) is 0 Å². The second kappa shape index (κ2) is 9.81. The van der Waals surface area contributed by atoms with Crippen LogP contribution in [0.15, 0.2) is 5.16 Å². The third-order valence-corrected chi connectivity index (χ3v) is 5.87. The summed E-state index contributed by atoms with van der Waals surface area (Å²) in [4.78, 5) is 8.09. The van der Waals surface area contributed by atoms with E-state index in [1.54, 1.807) is 6.92 Å². The number of alkyl halides is 2. The Morgan fingerprint density at radius 3 is 2.68 bits per heavy atom. The minimum absolute atomic E-state index is 0.269. The fourth-order valence-electron chi connectivity index (χ4n) is 3.85. The van der Waals surface area contributed by atoms with Crippen molar-refractivity contribution in [3.63, 3.8) is 0 Å². The lowest BCUT2D eigenvalue weighted by atomic mass is 9.90. The second-order valence-corrected chi connectivity index (χ2v) is 7.81. The predicted octanol–water partition coefficient (Wildman–Crippen LogP) is 3.77. The molecular formula is C19H35F2N3O. The van der Waals surface area contributed by atoms with Gasteiger partial charge in [0.2, 0.25) is 0 Å². The Bertz CT molecular complexity index is 425. The topological polar surface area (TPSA) is 36.9 Å². The molecule has 2 saturated heterocycles. The summed E-state index contributed by atoms with van der Waals surface area (Å²) < 4.78 is 28.0. The molecule has 25 heavy (non-hydrogen) atoms. The van der Waals surface area contributed by atoms with Crippen LogP contribution in [0.5, 0.6) is 0 Å². The standard InChI is InChI=1S/C19H35F2N3O/c1-4-15(2)17(12-24-10-6-5-7-11-24)13-25-23-16(3)18-8-9-22-14-19(18,20)21/h15,17-18,22H,4-14H2,1-3H3/b23-16+. The zero-order valence-corrected chi connectivity index (χ0v) is 16.1. The maximum absolute atomic E-state index is 14.0. The molecule has 4 nitrogen and oxygen atoms in total. The van der Waals surface area contributed by atoms with Crippen LogP contribution in [0.4, 0.5) is 8.78 Å². The normalized spacial score (nSPS) is 27.7. The van der Waals surface area contributed by atoms with Gasteiger partial charge in [-0.15, -0.1) is 0 Å². The van der Waals surface area contributed by atoms with E-state index in [9.17, 15) is 8.78 Å². The first kappa shape index (κ1) is 20.6. The molecule has 0 aromatic rings. The maximum atomic E-state index is 14.0. The number of likely N-dealkylation sites (tertiary alicyclic amines) is 1. The Balaban J connectivity index is 1.87. The van der Waals surface area contributed by atoms with Crippen LogP contribution in [-0.2, 0) is 4.84 Å². The number of oxime groups is 1. The van der Waals surface area contributed by atoms with Crippen LogP contribution in [0, 0.1) is 17.8 Å². The lowest BCUT2D eigenvalue weighted by molar-refractivity contribution is -0.0492. The smallest absolute Gasteiger partial charge is 0.268 e. The van der Waals surface area contributed by atoms with E-state index in [4.69, 9.17) is 4.84 Å². The molecule has 0 spiro atoms. The highest BCUT2D eigenvalue weighted by Gasteiger charge is 2.43. The first-order chi connectivity index (χ1) is 11.9. The summed E-state index contributed by atoms with van der Waals surface area (Å²) in [6, 6.07) is 0. The van der Waals surface area contributed by atoms with Crippen LogP contribution in [0.2, 0.25) is 0 Å². The zero-order valence-electron chi connectivity index (χ0n) is 16.1. The van der Waals surface area contributed by atoms with Gasteiger partial charge in [-0.2, -0.15) is 0 Å². The first-order valence-electron chi connectivity index (χ1n) is 9.91. The lowest BCUT2D eigenvalue weighted by Crippen LogP contribution is -2.48. The van der Waals surface area contributed by atoms with Crippen LogP contribution in [0.1, 0.15) is 52.9 Å². The number of nitrogens with zero attached hydrogens (tertiary/aromatic N) is 2. The third kappa shape index (κ3) is 6.17.